The zero-order valence-electron chi connectivity index (χ0n) is 20.8. The number of hydrogen-bond acceptors (Lipinski definition) is 3. The van der Waals surface area contributed by atoms with Crippen LogP contribution in [0.1, 0.15) is 42.9 Å². The lowest BCUT2D eigenvalue weighted by Gasteiger charge is -2.32. The second kappa shape index (κ2) is 14.4. The van der Waals surface area contributed by atoms with Crippen LogP contribution in [0.3, 0.4) is 0 Å². The zero-order valence-corrected chi connectivity index (χ0v) is 21.6. The van der Waals surface area contributed by atoms with Crippen LogP contribution in [-0.2, 0) is 22.6 Å². The maximum atomic E-state index is 13.6. The molecule has 0 saturated heterocycles. The number of benzene rings is 3. The third-order valence-corrected chi connectivity index (χ3v) is 7.04. The van der Waals surface area contributed by atoms with Crippen LogP contribution in [0.2, 0.25) is 0 Å². The standard InChI is InChI=1S/C30H36N2O2S/c1-3-4-20-31-30(34)28(22-25-14-7-5-8-15-25)32(23-26-16-12-11-13-24(26)2)29(33)19-21-35-27-17-9-6-10-18-27/h5-18,28H,3-4,19-23H2,1-2H3,(H,31,34)/t28-/m0/s1. The maximum Gasteiger partial charge on any atom is 0.243 e. The van der Waals surface area contributed by atoms with Gasteiger partial charge in [-0.05, 0) is 42.2 Å². The molecule has 3 aromatic rings. The molecule has 0 unspecified atom stereocenters. The Morgan fingerprint density at radius 2 is 1.57 bits per heavy atom. The predicted molar refractivity (Wildman–Crippen MR) is 145 cm³/mol. The number of unbranched alkanes of at least 4 members (excludes halogenated alkanes) is 1. The van der Waals surface area contributed by atoms with Gasteiger partial charge in [-0.1, -0.05) is 86.1 Å². The van der Waals surface area contributed by atoms with Crippen molar-refractivity contribution in [1.82, 2.24) is 10.2 Å². The number of thioether (sulfide) groups is 1. The first-order valence-electron chi connectivity index (χ1n) is 12.4. The van der Waals surface area contributed by atoms with E-state index in [4.69, 9.17) is 0 Å². The first-order valence-corrected chi connectivity index (χ1v) is 13.4. The summed E-state index contributed by atoms with van der Waals surface area (Å²) in [6.07, 6.45) is 2.79. The number of aryl methyl sites for hydroxylation is 1. The Morgan fingerprint density at radius 3 is 2.26 bits per heavy atom. The van der Waals surface area contributed by atoms with Gasteiger partial charge in [0.15, 0.2) is 0 Å². The van der Waals surface area contributed by atoms with E-state index in [1.54, 1.807) is 16.7 Å². The average molecular weight is 489 g/mol. The summed E-state index contributed by atoms with van der Waals surface area (Å²) in [6.45, 7) is 5.19. The first kappa shape index (κ1) is 26.6. The van der Waals surface area contributed by atoms with Gasteiger partial charge in [0.05, 0.1) is 0 Å². The highest BCUT2D eigenvalue weighted by Gasteiger charge is 2.30. The lowest BCUT2D eigenvalue weighted by Crippen LogP contribution is -2.50. The van der Waals surface area contributed by atoms with Crippen molar-refractivity contribution in [2.45, 2.75) is 57.0 Å². The van der Waals surface area contributed by atoms with Gasteiger partial charge in [-0.25, -0.2) is 0 Å². The highest BCUT2D eigenvalue weighted by molar-refractivity contribution is 7.99. The predicted octanol–water partition coefficient (Wildman–Crippen LogP) is 6.03. The average Bonchev–Trinajstić information content (AvgIpc) is 2.88. The minimum absolute atomic E-state index is 0.00302. The van der Waals surface area contributed by atoms with Gasteiger partial charge in [-0.2, -0.15) is 0 Å². The van der Waals surface area contributed by atoms with E-state index < -0.39 is 6.04 Å². The number of amides is 2. The van der Waals surface area contributed by atoms with E-state index in [0.717, 1.165) is 34.4 Å². The molecule has 35 heavy (non-hydrogen) atoms. The Balaban J connectivity index is 1.84. The third kappa shape index (κ3) is 8.59. The largest absolute Gasteiger partial charge is 0.354 e. The van der Waals surface area contributed by atoms with Crippen molar-refractivity contribution in [1.29, 1.82) is 0 Å². The van der Waals surface area contributed by atoms with E-state index in [2.05, 4.69) is 37.4 Å². The monoisotopic (exact) mass is 488 g/mol. The lowest BCUT2D eigenvalue weighted by molar-refractivity contribution is -0.141. The van der Waals surface area contributed by atoms with Crippen LogP contribution in [0.15, 0.2) is 89.8 Å². The quantitative estimate of drug-likeness (QED) is 0.236. The molecule has 0 fully saturated rings. The van der Waals surface area contributed by atoms with Crippen molar-refractivity contribution < 1.29 is 9.59 Å². The van der Waals surface area contributed by atoms with Crippen LogP contribution in [0.4, 0.5) is 0 Å². The molecule has 0 aliphatic heterocycles. The van der Waals surface area contributed by atoms with Gasteiger partial charge < -0.3 is 10.2 Å². The molecule has 184 valence electrons. The summed E-state index contributed by atoms with van der Waals surface area (Å²) in [5, 5.41) is 3.08. The van der Waals surface area contributed by atoms with E-state index in [1.807, 2.05) is 66.7 Å². The summed E-state index contributed by atoms with van der Waals surface area (Å²) in [5.41, 5.74) is 3.23. The molecule has 0 aliphatic carbocycles. The van der Waals surface area contributed by atoms with Gasteiger partial charge >= 0.3 is 0 Å². The molecular weight excluding hydrogens is 452 g/mol. The zero-order chi connectivity index (χ0) is 24.9. The highest BCUT2D eigenvalue weighted by Crippen LogP contribution is 2.21. The summed E-state index contributed by atoms with van der Waals surface area (Å²) < 4.78 is 0. The molecule has 1 atom stereocenters. The van der Waals surface area contributed by atoms with Crippen molar-refractivity contribution in [2.24, 2.45) is 0 Å². The number of carbonyl (C=O) groups is 2. The van der Waals surface area contributed by atoms with Crippen LogP contribution >= 0.6 is 11.8 Å². The molecule has 3 aromatic carbocycles. The van der Waals surface area contributed by atoms with Crippen molar-refractivity contribution in [3.8, 4) is 0 Å². The fourth-order valence-corrected chi connectivity index (χ4v) is 4.81. The summed E-state index contributed by atoms with van der Waals surface area (Å²) in [4.78, 5) is 30.0. The first-order chi connectivity index (χ1) is 17.1. The van der Waals surface area contributed by atoms with Gasteiger partial charge in [-0.15, -0.1) is 11.8 Å². The Morgan fingerprint density at radius 1 is 0.914 bits per heavy atom. The smallest absolute Gasteiger partial charge is 0.243 e. The van der Waals surface area contributed by atoms with E-state index in [-0.39, 0.29) is 11.8 Å². The maximum absolute atomic E-state index is 13.6. The van der Waals surface area contributed by atoms with E-state index in [1.165, 1.54) is 0 Å². The molecule has 3 rings (SSSR count). The number of hydrogen-bond donors (Lipinski definition) is 1. The number of carbonyl (C=O) groups excluding carboxylic acids is 2. The Labute approximate surface area is 214 Å². The Kier molecular flexibility index (Phi) is 10.9. The molecule has 1 N–H and O–H groups in total. The molecule has 0 aromatic heterocycles. The number of nitrogens with zero attached hydrogens (tertiary/aromatic N) is 1. The van der Waals surface area contributed by atoms with Crippen LogP contribution in [-0.4, -0.2) is 35.1 Å². The van der Waals surface area contributed by atoms with Gasteiger partial charge in [0.1, 0.15) is 6.04 Å². The second-order valence-electron chi connectivity index (χ2n) is 8.71. The van der Waals surface area contributed by atoms with Crippen LogP contribution < -0.4 is 5.32 Å². The number of nitrogens with one attached hydrogen (secondary N) is 1. The molecule has 0 aliphatic rings. The molecule has 2 amide bonds. The molecule has 0 heterocycles. The van der Waals surface area contributed by atoms with Gasteiger partial charge in [0.25, 0.3) is 0 Å². The third-order valence-electron chi connectivity index (χ3n) is 6.03. The summed E-state index contributed by atoms with van der Waals surface area (Å²) >= 11 is 1.67. The fraction of sp³-hybridized carbons (Fsp3) is 0.333. The fourth-order valence-electron chi connectivity index (χ4n) is 3.95. The van der Waals surface area contributed by atoms with Crippen LogP contribution in [0, 0.1) is 6.92 Å². The summed E-state index contributed by atoms with van der Waals surface area (Å²) in [5.74, 6) is 0.589. The highest BCUT2D eigenvalue weighted by atomic mass is 32.2. The van der Waals surface area contributed by atoms with Gasteiger partial charge in [0.2, 0.25) is 11.8 Å². The molecule has 0 spiro atoms. The lowest BCUT2D eigenvalue weighted by atomic mass is 10.0. The molecule has 0 saturated carbocycles. The van der Waals surface area contributed by atoms with E-state index in [0.29, 0.717) is 31.7 Å². The normalized spacial score (nSPS) is 11.6. The topological polar surface area (TPSA) is 49.4 Å². The van der Waals surface area contributed by atoms with Crippen LogP contribution in [0.25, 0.3) is 0 Å². The number of rotatable bonds is 13. The van der Waals surface area contributed by atoms with Gasteiger partial charge in [0, 0.05) is 36.6 Å². The molecule has 0 radical (unpaired) electrons. The van der Waals surface area contributed by atoms with Crippen molar-refractivity contribution >= 4 is 23.6 Å². The minimum atomic E-state index is -0.567. The summed E-state index contributed by atoms with van der Waals surface area (Å²) in [7, 11) is 0. The Hall–Kier alpha value is -3.05. The van der Waals surface area contributed by atoms with Crippen molar-refractivity contribution in [2.75, 3.05) is 12.3 Å². The molecule has 0 bridgehead atoms. The molecule has 5 heteroatoms. The van der Waals surface area contributed by atoms with E-state index >= 15 is 0 Å². The molecule has 4 nitrogen and oxygen atoms in total. The van der Waals surface area contributed by atoms with Crippen LogP contribution in [0.5, 0.6) is 0 Å². The Bertz CT molecular complexity index is 1060. The van der Waals surface area contributed by atoms with Crippen molar-refractivity contribution in [3.63, 3.8) is 0 Å². The van der Waals surface area contributed by atoms with E-state index in [9.17, 15) is 9.59 Å². The van der Waals surface area contributed by atoms with Gasteiger partial charge in [-0.3, -0.25) is 9.59 Å². The van der Waals surface area contributed by atoms with Crippen molar-refractivity contribution in [3.05, 3.63) is 102 Å². The molecular formula is C30H36N2O2S. The summed E-state index contributed by atoms with van der Waals surface area (Å²) in [6, 6.07) is 27.6. The SMILES string of the molecule is CCCCNC(=O)[C@H](Cc1ccccc1)N(Cc1ccccc1C)C(=O)CCSc1ccccc1. The minimum Gasteiger partial charge on any atom is -0.354 e. The second-order valence-corrected chi connectivity index (χ2v) is 9.88.